The molecule has 5 nitrogen and oxygen atoms in total. The Morgan fingerprint density at radius 2 is 2.19 bits per heavy atom. The SMILES string of the molecule is CCc1cc(NN)n2nc(C(C)C)cc2n1. The van der Waals surface area contributed by atoms with Crippen molar-refractivity contribution in [2.24, 2.45) is 5.84 Å². The predicted octanol–water partition coefficient (Wildman–Crippen LogP) is 1.70. The molecule has 0 saturated carbocycles. The van der Waals surface area contributed by atoms with Crippen LogP contribution >= 0.6 is 0 Å². The van der Waals surface area contributed by atoms with E-state index in [2.05, 4.69) is 36.3 Å². The van der Waals surface area contributed by atoms with E-state index in [0.717, 1.165) is 29.3 Å². The summed E-state index contributed by atoms with van der Waals surface area (Å²) in [7, 11) is 0. The minimum Gasteiger partial charge on any atom is -0.308 e. The van der Waals surface area contributed by atoms with Gasteiger partial charge in [-0.3, -0.25) is 0 Å². The zero-order chi connectivity index (χ0) is 11.7. The van der Waals surface area contributed by atoms with Crippen LogP contribution in [-0.4, -0.2) is 14.6 Å². The Morgan fingerprint density at radius 3 is 2.75 bits per heavy atom. The minimum absolute atomic E-state index is 0.386. The van der Waals surface area contributed by atoms with Gasteiger partial charge in [-0.1, -0.05) is 20.8 Å². The summed E-state index contributed by atoms with van der Waals surface area (Å²) >= 11 is 0. The van der Waals surface area contributed by atoms with Gasteiger partial charge in [0.1, 0.15) is 5.82 Å². The summed E-state index contributed by atoms with van der Waals surface area (Å²) in [5.74, 6) is 6.64. The summed E-state index contributed by atoms with van der Waals surface area (Å²) in [5.41, 5.74) is 5.54. The zero-order valence-corrected chi connectivity index (χ0v) is 9.86. The van der Waals surface area contributed by atoms with Gasteiger partial charge in [0.2, 0.25) is 0 Å². The number of anilines is 1. The number of hydrazine groups is 1. The van der Waals surface area contributed by atoms with Crippen LogP contribution < -0.4 is 11.3 Å². The third-order valence-electron chi connectivity index (χ3n) is 2.60. The highest BCUT2D eigenvalue weighted by atomic mass is 15.4. The first kappa shape index (κ1) is 10.9. The molecule has 0 radical (unpaired) electrons. The Kier molecular flexibility index (Phi) is 2.78. The normalized spacial score (nSPS) is 11.3. The maximum atomic E-state index is 5.49. The average molecular weight is 219 g/mol. The molecule has 86 valence electrons. The Hall–Kier alpha value is -1.62. The quantitative estimate of drug-likeness (QED) is 0.609. The molecule has 0 aliphatic rings. The van der Waals surface area contributed by atoms with Gasteiger partial charge in [-0.25, -0.2) is 10.8 Å². The van der Waals surface area contributed by atoms with Crippen LogP contribution in [0.1, 0.15) is 38.1 Å². The van der Waals surface area contributed by atoms with E-state index in [1.54, 1.807) is 4.52 Å². The topological polar surface area (TPSA) is 68.2 Å². The molecular weight excluding hydrogens is 202 g/mol. The lowest BCUT2D eigenvalue weighted by Gasteiger charge is -2.05. The summed E-state index contributed by atoms with van der Waals surface area (Å²) in [6, 6.07) is 3.93. The number of aromatic nitrogens is 3. The molecule has 2 rings (SSSR count). The highest BCUT2D eigenvalue weighted by Crippen LogP contribution is 2.18. The van der Waals surface area contributed by atoms with E-state index >= 15 is 0 Å². The van der Waals surface area contributed by atoms with Gasteiger partial charge in [-0.15, -0.1) is 0 Å². The average Bonchev–Trinajstić information content (AvgIpc) is 2.71. The van der Waals surface area contributed by atoms with E-state index in [0.29, 0.717) is 5.92 Å². The van der Waals surface area contributed by atoms with Crippen molar-refractivity contribution in [2.75, 3.05) is 5.43 Å². The number of nitrogens with one attached hydrogen (secondary N) is 1. The van der Waals surface area contributed by atoms with Crippen molar-refractivity contribution < 1.29 is 0 Å². The molecule has 0 amide bonds. The van der Waals surface area contributed by atoms with Crippen LogP contribution in [0, 0.1) is 0 Å². The second-order valence-electron chi connectivity index (χ2n) is 4.12. The van der Waals surface area contributed by atoms with Crippen LogP contribution in [0.25, 0.3) is 5.65 Å². The maximum absolute atomic E-state index is 5.49. The van der Waals surface area contributed by atoms with Crippen LogP contribution in [0.4, 0.5) is 5.82 Å². The first-order chi connectivity index (χ1) is 7.65. The molecule has 2 aromatic rings. The van der Waals surface area contributed by atoms with Crippen molar-refractivity contribution in [3.63, 3.8) is 0 Å². The third kappa shape index (κ3) is 1.74. The highest BCUT2D eigenvalue weighted by molar-refractivity contribution is 5.50. The second-order valence-corrected chi connectivity index (χ2v) is 4.12. The van der Waals surface area contributed by atoms with Gasteiger partial charge in [0, 0.05) is 17.8 Å². The number of aryl methyl sites for hydroxylation is 1. The molecule has 16 heavy (non-hydrogen) atoms. The van der Waals surface area contributed by atoms with E-state index in [9.17, 15) is 0 Å². The van der Waals surface area contributed by atoms with Gasteiger partial charge in [0.25, 0.3) is 0 Å². The minimum atomic E-state index is 0.386. The summed E-state index contributed by atoms with van der Waals surface area (Å²) < 4.78 is 1.74. The van der Waals surface area contributed by atoms with Crippen molar-refractivity contribution in [2.45, 2.75) is 33.1 Å². The lowest BCUT2D eigenvalue weighted by Crippen LogP contribution is -2.13. The molecule has 0 aromatic carbocycles. The molecule has 3 N–H and O–H groups in total. The first-order valence-corrected chi connectivity index (χ1v) is 5.52. The lowest BCUT2D eigenvalue weighted by molar-refractivity contribution is 0.785. The second kappa shape index (κ2) is 4.09. The number of hydrogen-bond donors (Lipinski definition) is 2. The predicted molar refractivity (Wildman–Crippen MR) is 64.3 cm³/mol. The maximum Gasteiger partial charge on any atom is 0.157 e. The van der Waals surface area contributed by atoms with Crippen molar-refractivity contribution in [3.05, 3.63) is 23.5 Å². The monoisotopic (exact) mass is 219 g/mol. The highest BCUT2D eigenvalue weighted by Gasteiger charge is 2.10. The number of rotatable bonds is 3. The van der Waals surface area contributed by atoms with Crippen LogP contribution in [-0.2, 0) is 6.42 Å². The Bertz CT molecular complexity index is 500. The molecule has 0 unspecified atom stereocenters. The molecule has 0 fully saturated rings. The molecule has 0 aliphatic heterocycles. The van der Waals surface area contributed by atoms with E-state index < -0.39 is 0 Å². The van der Waals surface area contributed by atoms with Gasteiger partial charge in [0.05, 0.1) is 5.69 Å². The Labute approximate surface area is 94.6 Å². The largest absolute Gasteiger partial charge is 0.308 e. The number of fused-ring (bicyclic) bond motifs is 1. The fraction of sp³-hybridized carbons (Fsp3) is 0.455. The standard InChI is InChI=1S/C11H17N5/c1-4-8-5-11(14-12)16-10(13-8)6-9(15-16)7(2)3/h5-7,14H,4,12H2,1-3H3. The molecule has 5 heteroatoms. The fourth-order valence-electron chi connectivity index (χ4n) is 1.61. The third-order valence-corrected chi connectivity index (χ3v) is 2.60. The Balaban J connectivity index is 2.65. The smallest absolute Gasteiger partial charge is 0.157 e. The first-order valence-electron chi connectivity index (χ1n) is 5.52. The molecule has 0 atom stereocenters. The molecular formula is C11H17N5. The van der Waals surface area contributed by atoms with Gasteiger partial charge in [0.15, 0.2) is 5.65 Å². The zero-order valence-electron chi connectivity index (χ0n) is 9.86. The summed E-state index contributed by atoms with van der Waals surface area (Å²) in [5, 5.41) is 4.47. The summed E-state index contributed by atoms with van der Waals surface area (Å²) in [4.78, 5) is 4.51. The molecule has 2 aromatic heterocycles. The van der Waals surface area contributed by atoms with Crippen LogP contribution in [0.3, 0.4) is 0 Å². The van der Waals surface area contributed by atoms with Gasteiger partial charge in [-0.2, -0.15) is 9.61 Å². The summed E-state index contributed by atoms with van der Waals surface area (Å²) in [6.07, 6.45) is 0.882. The number of nitrogens with zero attached hydrogens (tertiary/aromatic N) is 3. The number of nitrogen functional groups attached to an aromatic ring is 1. The van der Waals surface area contributed by atoms with Crippen LogP contribution in [0.5, 0.6) is 0 Å². The molecule has 2 heterocycles. The van der Waals surface area contributed by atoms with Crippen molar-refractivity contribution in [1.29, 1.82) is 0 Å². The fourth-order valence-corrected chi connectivity index (χ4v) is 1.61. The van der Waals surface area contributed by atoms with Gasteiger partial charge < -0.3 is 5.43 Å². The van der Waals surface area contributed by atoms with E-state index in [1.807, 2.05) is 12.1 Å². The van der Waals surface area contributed by atoms with E-state index in [1.165, 1.54) is 0 Å². The van der Waals surface area contributed by atoms with Gasteiger partial charge >= 0.3 is 0 Å². The summed E-state index contributed by atoms with van der Waals surface area (Å²) in [6.45, 7) is 6.29. The van der Waals surface area contributed by atoms with Crippen molar-refractivity contribution >= 4 is 11.5 Å². The molecule has 0 aliphatic carbocycles. The van der Waals surface area contributed by atoms with Gasteiger partial charge in [-0.05, 0) is 12.3 Å². The van der Waals surface area contributed by atoms with Crippen LogP contribution in [0.2, 0.25) is 0 Å². The van der Waals surface area contributed by atoms with E-state index in [4.69, 9.17) is 5.84 Å². The molecule has 0 saturated heterocycles. The van der Waals surface area contributed by atoms with Crippen LogP contribution in [0.15, 0.2) is 12.1 Å². The number of hydrogen-bond acceptors (Lipinski definition) is 4. The van der Waals surface area contributed by atoms with Crippen molar-refractivity contribution in [1.82, 2.24) is 14.6 Å². The van der Waals surface area contributed by atoms with Crippen molar-refractivity contribution in [3.8, 4) is 0 Å². The molecule has 0 bridgehead atoms. The molecule has 0 spiro atoms. The Morgan fingerprint density at radius 1 is 1.44 bits per heavy atom. The van der Waals surface area contributed by atoms with E-state index in [-0.39, 0.29) is 0 Å². The number of nitrogens with two attached hydrogens (primary N) is 1. The lowest BCUT2D eigenvalue weighted by atomic mass is 10.1.